The molecule has 1 aromatic carbocycles. The third kappa shape index (κ3) is 13.7. The fourth-order valence-electron chi connectivity index (χ4n) is 8.07. The summed E-state index contributed by atoms with van der Waals surface area (Å²) in [4.78, 5) is 28.3. The number of ether oxygens (including phenoxy) is 4. The Bertz CT molecular complexity index is 1990. The van der Waals surface area contributed by atoms with Crippen LogP contribution in [-0.4, -0.2) is 174 Å². The van der Waals surface area contributed by atoms with E-state index in [-0.39, 0.29) is 23.2 Å². The molecule has 16 nitrogen and oxygen atoms in total. The van der Waals surface area contributed by atoms with Crippen molar-refractivity contribution < 1.29 is 32.2 Å². The molecule has 3 aliphatic heterocycles. The number of benzene rings is 1. The molecular formula is C42H62ClN9O7S. The average molecular weight is 873 g/mol. The summed E-state index contributed by atoms with van der Waals surface area (Å²) in [5, 5.41) is 9.06. The minimum absolute atomic E-state index is 0.205. The smallest absolute Gasteiger partial charge is 0.256 e. The number of anilines is 2. The van der Waals surface area contributed by atoms with Crippen molar-refractivity contribution in [2.24, 2.45) is 0 Å². The van der Waals surface area contributed by atoms with Gasteiger partial charge in [0.1, 0.15) is 12.4 Å². The highest BCUT2D eigenvalue weighted by atomic mass is 35.5. The largest absolute Gasteiger partial charge is 0.378 e. The van der Waals surface area contributed by atoms with E-state index in [1.165, 1.54) is 12.1 Å². The molecule has 3 aromatic rings. The molecule has 1 amide bonds. The lowest BCUT2D eigenvalue weighted by atomic mass is 9.98. The maximum Gasteiger partial charge on any atom is 0.256 e. The monoisotopic (exact) mass is 871 g/mol. The number of aromatic nitrogens is 3. The van der Waals surface area contributed by atoms with E-state index in [9.17, 15) is 13.2 Å². The third-order valence-electron chi connectivity index (χ3n) is 11.1. The number of amides is 1. The van der Waals surface area contributed by atoms with Crippen LogP contribution in [0.5, 0.6) is 0 Å². The zero-order valence-corrected chi connectivity index (χ0v) is 36.7. The standard InChI is InChI=1S/C42H62ClN9O7S/c1-4-21-56-23-25-58-27-28-59-26-24-57-22-20-49-18-16-48(17-19-49)13-7-12-44-35-11-15-50(32-35)41-33(2)31-52-40(45-41)30-38(46-52)39-8-5-6-14-51(39)42(53)36-29-34(43)9-10-37(36)47-60(3,54)55/h1,9-10,29-31,35,39,44,47H,5-8,11-28,32H2,2-3H3/t35-,39-/m0/s1. The van der Waals surface area contributed by atoms with Gasteiger partial charge in [-0.2, -0.15) is 5.10 Å². The van der Waals surface area contributed by atoms with E-state index >= 15 is 0 Å². The number of hydrogen-bond donors (Lipinski definition) is 2. The lowest BCUT2D eigenvalue weighted by Crippen LogP contribution is -2.47. The molecule has 2 N–H and O–H groups in total. The molecule has 3 aliphatic rings. The fraction of sp³-hybridized carbons (Fsp3) is 0.643. The van der Waals surface area contributed by atoms with Crippen LogP contribution in [0, 0.1) is 19.3 Å². The average Bonchev–Trinajstić information content (AvgIpc) is 3.88. The summed E-state index contributed by atoms with van der Waals surface area (Å²) in [5.41, 5.74) is 2.96. The van der Waals surface area contributed by atoms with Crippen molar-refractivity contribution in [3.8, 4) is 12.3 Å². The third-order valence-corrected chi connectivity index (χ3v) is 12.0. The number of halogens is 1. The Morgan fingerprint density at radius 1 is 0.917 bits per heavy atom. The Kier molecular flexibility index (Phi) is 17.6. The SMILES string of the molecule is C#CCOCCOCCOCCOCCN1CCN(CCCN[C@H]2CCN(c3nc4cc([C@@H]5CCCCN5C(=O)c5cc(Cl)ccc5NS(C)(=O)=O)nn4cc3C)C2)CC1. The molecule has 330 valence electrons. The van der Waals surface area contributed by atoms with Gasteiger partial charge in [-0.05, 0) is 70.3 Å². The van der Waals surface area contributed by atoms with Gasteiger partial charge in [-0.15, -0.1) is 6.42 Å². The molecule has 2 atom stereocenters. The number of rotatable bonds is 23. The molecule has 5 heterocycles. The second-order valence-electron chi connectivity index (χ2n) is 15.7. The van der Waals surface area contributed by atoms with Crippen LogP contribution < -0.4 is 14.9 Å². The van der Waals surface area contributed by atoms with Gasteiger partial charge in [0.15, 0.2) is 5.65 Å². The minimum atomic E-state index is -3.61. The number of piperidine rings is 1. The lowest BCUT2D eigenvalue weighted by molar-refractivity contribution is -0.00258. The molecule has 0 bridgehead atoms. The summed E-state index contributed by atoms with van der Waals surface area (Å²) in [6, 6.07) is 6.71. The Hall–Kier alpha value is -3.57. The van der Waals surface area contributed by atoms with Crippen LogP contribution in [0.3, 0.4) is 0 Å². The summed E-state index contributed by atoms with van der Waals surface area (Å²) in [6.45, 7) is 16.0. The van der Waals surface area contributed by atoms with E-state index in [0.29, 0.717) is 70.5 Å². The van der Waals surface area contributed by atoms with Crippen LogP contribution in [0.1, 0.15) is 59.8 Å². The van der Waals surface area contributed by atoms with Crippen LogP contribution in [0.4, 0.5) is 11.5 Å². The normalized spacial score (nSPS) is 19.3. The Balaban J connectivity index is 0.892. The predicted octanol–water partition coefficient (Wildman–Crippen LogP) is 3.31. The number of hydrogen-bond acceptors (Lipinski definition) is 13. The number of nitrogens with one attached hydrogen (secondary N) is 2. The molecule has 0 aliphatic carbocycles. The highest BCUT2D eigenvalue weighted by Crippen LogP contribution is 2.34. The molecule has 0 unspecified atom stereocenters. The molecule has 3 saturated heterocycles. The Morgan fingerprint density at radius 2 is 1.62 bits per heavy atom. The highest BCUT2D eigenvalue weighted by molar-refractivity contribution is 7.92. The molecule has 6 rings (SSSR count). The summed E-state index contributed by atoms with van der Waals surface area (Å²) < 4.78 is 50.4. The second-order valence-corrected chi connectivity index (χ2v) is 17.9. The van der Waals surface area contributed by atoms with Crippen LogP contribution in [0.2, 0.25) is 5.02 Å². The number of piperazine rings is 1. The van der Waals surface area contributed by atoms with E-state index in [1.807, 2.05) is 12.3 Å². The summed E-state index contributed by atoms with van der Waals surface area (Å²) >= 11 is 6.28. The van der Waals surface area contributed by atoms with Crippen molar-refractivity contribution in [3.05, 3.63) is 52.3 Å². The van der Waals surface area contributed by atoms with Crippen molar-refractivity contribution >= 4 is 44.7 Å². The summed E-state index contributed by atoms with van der Waals surface area (Å²) in [7, 11) is -3.61. The van der Waals surface area contributed by atoms with Gasteiger partial charge in [-0.1, -0.05) is 17.5 Å². The first kappa shape index (κ1) is 45.9. The number of carbonyl (C=O) groups is 1. The van der Waals surface area contributed by atoms with Crippen molar-refractivity contribution in [1.29, 1.82) is 0 Å². The van der Waals surface area contributed by atoms with Gasteiger partial charge in [0.25, 0.3) is 5.91 Å². The minimum Gasteiger partial charge on any atom is -0.378 e. The number of nitrogens with zero attached hydrogens (tertiary/aromatic N) is 7. The van der Waals surface area contributed by atoms with Crippen molar-refractivity contribution in [1.82, 2.24) is 34.6 Å². The number of aryl methyl sites for hydroxylation is 1. The van der Waals surface area contributed by atoms with Gasteiger partial charge in [0, 0.05) is 81.2 Å². The number of terminal acetylenes is 1. The van der Waals surface area contributed by atoms with Gasteiger partial charge in [0.05, 0.1) is 75.5 Å². The number of carbonyl (C=O) groups excluding carboxylic acids is 1. The van der Waals surface area contributed by atoms with Crippen LogP contribution >= 0.6 is 11.6 Å². The molecular weight excluding hydrogens is 810 g/mol. The van der Waals surface area contributed by atoms with E-state index in [4.69, 9.17) is 47.1 Å². The predicted molar refractivity (Wildman–Crippen MR) is 233 cm³/mol. The second kappa shape index (κ2) is 23.0. The highest BCUT2D eigenvalue weighted by Gasteiger charge is 2.33. The van der Waals surface area contributed by atoms with E-state index in [1.54, 1.807) is 15.5 Å². The number of likely N-dealkylation sites (tertiary alicyclic amines) is 1. The molecule has 0 saturated carbocycles. The maximum absolute atomic E-state index is 14.0. The molecule has 18 heteroatoms. The maximum atomic E-state index is 14.0. The molecule has 60 heavy (non-hydrogen) atoms. The lowest BCUT2D eigenvalue weighted by Gasteiger charge is -2.35. The molecule has 0 radical (unpaired) electrons. The Labute approximate surface area is 360 Å². The summed E-state index contributed by atoms with van der Waals surface area (Å²) in [5.74, 6) is 3.10. The first-order valence-corrected chi connectivity index (χ1v) is 23.5. The van der Waals surface area contributed by atoms with E-state index in [2.05, 4.69) is 37.6 Å². The van der Waals surface area contributed by atoms with E-state index < -0.39 is 10.0 Å². The van der Waals surface area contributed by atoms with Crippen LogP contribution in [0.25, 0.3) is 5.65 Å². The molecule has 0 spiro atoms. The van der Waals surface area contributed by atoms with Gasteiger partial charge in [0.2, 0.25) is 10.0 Å². The van der Waals surface area contributed by atoms with Crippen molar-refractivity contribution in [2.45, 2.75) is 51.1 Å². The van der Waals surface area contributed by atoms with Gasteiger partial charge < -0.3 is 39.0 Å². The van der Waals surface area contributed by atoms with Crippen molar-refractivity contribution in [3.63, 3.8) is 0 Å². The summed E-state index contributed by atoms with van der Waals surface area (Å²) in [6.07, 6.45) is 12.9. The van der Waals surface area contributed by atoms with Gasteiger partial charge >= 0.3 is 0 Å². The van der Waals surface area contributed by atoms with E-state index in [0.717, 1.165) is 120 Å². The van der Waals surface area contributed by atoms with Gasteiger partial charge in [-0.3, -0.25) is 14.4 Å². The number of fused-ring (bicyclic) bond motifs is 1. The topological polar surface area (TPSA) is 155 Å². The van der Waals surface area contributed by atoms with Crippen molar-refractivity contribution in [2.75, 3.05) is 134 Å². The molecule has 2 aromatic heterocycles. The van der Waals surface area contributed by atoms with Crippen LogP contribution in [-0.2, 0) is 29.0 Å². The first-order valence-electron chi connectivity index (χ1n) is 21.2. The fourth-order valence-corrected chi connectivity index (χ4v) is 8.82. The molecule has 3 fully saturated rings. The van der Waals surface area contributed by atoms with Crippen LogP contribution in [0.15, 0.2) is 30.5 Å². The quantitative estimate of drug-likeness (QED) is 0.106. The Morgan fingerprint density at radius 3 is 2.33 bits per heavy atom. The zero-order valence-electron chi connectivity index (χ0n) is 35.2. The van der Waals surface area contributed by atoms with Gasteiger partial charge in [-0.25, -0.2) is 17.9 Å². The number of sulfonamides is 1. The zero-order chi connectivity index (χ0) is 42.3. The first-order chi connectivity index (χ1) is 29.1.